The number of methoxy groups -OCH3 is 3. The third kappa shape index (κ3) is 8.96. The molecule has 1 aliphatic rings. The van der Waals surface area contributed by atoms with Crippen LogP contribution in [0, 0.1) is 5.82 Å². The van der Waals surface area contributed by atoms with E-state index in [4.69, 9.17) is 19.2 Å². The number of halogens is 1. The molecule has 1 aromatic heterocycles. The second-order valence-corrected chi connectivity index (χ2v) is 15.7. The normalized spacial score (nSPS) is 14.5. The predicted octanol–water partition coefficient (Wildman–Crippen LogP) is 6.50. The van der Waals surface area contributed by atoms with Crippen LogP contribution in [0.2, 0.25) is 0 Å². The van der Waals surface area contributed by atoms with Crippen LogP contribution in [0.3, 0.4) is 0 Å². The van der Waals surface area contributed by atoms with Crippen LogP contribution < -0.4 is 19.5 Å². The molecule has 1 atom stereocenters. The molecule has 0 saturated carbocycles. The number of likely N-dealkylation sites (N-methyl/N-ethyl adjacent to an activating group) is 1. The fraction of sp³-hybridized carbons (Fsp3) is 0.366. The molecule has 54 heavy (non-hydrogen) atoms. The summed E-state index contributed by atoms with van der Waals surface area (Å²) in [7, 11) is 2.84. The molecular formula is C41H48FN5O6S. The Labute approximate surface area is 316 Å². The number of nitrogens with one attached hydrogen (secondary N) is 1. The van der Waals surface area contributed by atoms with Crippen molar-refractivity contribution in [3.05, 3.63) is 108 Å². The van der Waals surface area contributed by atoms with Crippen molar-refractivity contribution in [2.45, 2.75) is 42.7 Å². The summed E-state index contributed by atoms with van der Waals surface area (Å²) in [6, 6.07) is 26.3. The molecule has 1 N–H and O–H groups in total. The molecule has 6 rings (SSSR count). The monoisotopic (exact) mass is 757 g/mol. The number of fused-ring (bicyclic) bond motifs is 1. The predicted molar refractivity (Wildman–Crippen MR) is 208 cm³/mol. The summed E-state index contributed by atoms with van der Waals surface area (Å²) in [6.07, 6.45) is 2.53. The largest absolute Gasteiger partial charge is 0.493 e. The Hall–Kier alpha value is -5.14. The lowest BCUT2D eigenvalue weighted by Crippen LogP contribution is -2.40. The Kier molecular flexibility index (Phi) is 12.4. The lowest BCUT2D eigenvalue weighted by Gasteiger charge is -2.34. The number of sulfone groups is 1. The van der Waals surface area contributed by atoms with Crippen molar-refractivity contribution in [1.29, 1.82) is 0 Å². The highest BCUT2D eigenvalue weighted by molar-refractivity contribution is 7.91. The molecule has 286 valence electrons. The van der Waals surface area contributed by atoms with Gasteiger partial charge in [0.2, 0.25) is 11.7 Å². The molecule has 0 bridgehead atoms. The standard InChI is InChI=1S/C41H48FN5O6S/c1-45(40(48)31-26-37(51-2)39(53-4)38(27-31)52-3)28-30(29-14-16-32(42)17-15-29)18-21-46-22-19-33(20-23-46)43-41-44-35-12-8-9-13-36(35)47(41)24-25-54(49,50)34-10-6-5-7-11-34/h5-17,26-27,30,33H,18-25,28H2,1-4H3,(H,43,44). The van der Waals surface area contributed by atoms with Gasteiger partial charge in [-0.05, 0) is 79.9 Å². The number of nitrogens with zero attached hydrogens (tertiary/aromatic N) is 4. The zero-order valence-electron chi connectivity index (χ0n) is 31.2. The molecular weight excluding hydrogens is 710 g/mol. The number of likely N-dealkylation sites (tertiary alicyclic amines) is 1. The van der Waals surface area contributed by atoms with Crippen molar-refractivity contribution in [1.82, 2.24) is 19.4 Å². The van der Waals surface area contributed by atoms with E-state index in [1.165, 1.54) is 33.5 Å². The van der Waals surface area contributed by atoms with Gasteiger partial charge in [-0.1, -0.05) is 42.5 Å². The number of hydrogen-bond acceptors (Lipinski definition) is 9. The molecule has 1 saturated heterocycles. The van der Waals surface area contributed by atoms with E-state index in [0.29, 0.717) is 40.2 Å². The second kappa shape index (κ2) is 17.3. The minimum Gasteiger partial charge on any atom is -0.493 e. The number of imidazole rings is 1. The number of carbonyl (C=O) groups is 1. The van der Waals surface area contributed by atoms with Crippen LogP contribution in [-0.4, -0.2) is 100 Å². The van der Waals surface area contributed by atoms with Crippen LogP contribution in [-0.2, 0) is 16.4 Å². The molecule has 1 aliphatic heterocycles. The first-order chi connectivity index (χ1) is 26.1. The number of piperidine rings is 1. The van der Waals surface area contributed by atoms with Crippen LogP contribution >= 0.6 is 0 Å². The molecule has 0 aliphatic carbocycles. The molecule has 1 amide bonds. The van der Waals surface area contributed by atoms with Crippen molar-refractivity contribution in [3.63, 3.8) is 0 Å². The van der Waals surface area contributed by atoms with Gasteiger partial charge in [-0.2, -0.15) is 0 Å². The number of para-hydroxylation sites is 2. The minimum atomic E-state index is -3.47. The number of ether oxygens (including phenoxy) is 3. The molecule has 2 heterocycles. The highest BCUT2D eigenvalue weighted by Crippen LogP contribution is 2.38. The second-order valence-electron chi connectivity index (χ2n) is 13.6. The summed E-state index contributed by atoms with van der Waals surface area (Å²) >= 11 is 0. The summed E-state index contributed by atoms with van der Waals surface area (Å²) in [5, 5.41) is 3.63. The molecule has 0 spiro atoms. The Morgan fingerprint density at radius 1 is 0.907 bits per heavy atom. The summed E-state index contributed by atoms with van der Waals surface area (Å²) in [5.41, 5.74) is 3.08. The zero-order chi connectivity index (χ0) is 38.2. The van der Waals surface area contributed by atoms with Crippen molar-refractivity contribution >= 4 is 32.7 Å². The maximum Gasteiger partial charge on any atom is 0.253 e. The summed E-state index contributed by atoms with van der Waals surface area (Å²) in [4.78, 5) is 23.0. The van der Waals surface area contributed by atoms with Gasteiger partial charge in [0.05, 0.1) is 43.0 Å². The Morgan fingerprint density at radius 2 is 1.56 bits per heavy atom. The van der Waals surface area contributed by atoms with E-state index in [-0.39, 0.29) is 36.0 Å². The van der Waals surface area contributed by atoms with Crippen molar-refractivity contribution in [3.8, 4) is 17.2 Å². The van der Waals surface area contributed by atoms with E-state index in [0.717, 1.165) is 55.5 Å². The quantitative estimate of drug-likeness (QED) is 0.121. The minimum absolute atomic E-state index is 0.0375. The topological polar surface area (TPSA) is 115 Å². The molecule has 0 radical (unpaired) electrons. The van der Waals surface area contributed by atoms with E-state index < -0.39 is 9.84 Å². The van der Waals surface area contributed by atoms with Crippen molar-refractivity contribution in [2.24, 2.45) is 0 Å². The van der Waals surface area contributed by atoms with Crippen molar-refractivity contribution < 1.29 is 31.8 Å². The number of rotatable bonds is 16. The molecule has 5 aromatic rings. The van der Waals surface area contributed by atoms with E-state index in [1.54, 1.807) is 60.5 Å². The van der Waals surface area contributed by atoms with Crippen LogP contribution in [0.25, 0.3) is 11.0 Å². The first-order valence-electron chi connectivity index (χ1n) is 18.1. The number of amides is 1. The Morgan fingerprint density at radius 3 is 2.20 bits per heavy atom. The first kappa shape index (κ1) is 38.6. The third-order valence-electron chi connectivity index (χ3n) is 10.1. The van der Waals surface area contributed by atoms with Crippen molar-refractivity contribution in [2.75, 3.05) is 65.6 Å². The summed E-state index contributed by atoms with van der Waals surface area (Å²) in [5.74, 6) is 1.30. The smallest absolute Gasteiger partial charge is 0.253 e. The van der Waals surface area contributed by atoms with E-state index in [1.807, 2.05) is 34.9 Å². The average Bonchev–Trinajstić information content (AvgIpc) is 3.55. The van der Waals surface area contributed by atoms with Gasteiger partial charge in [0.1, 0.15) is 5.82 Å². The number of aromatic nitrogens is 2. The summed E-state index contributed by atoms with van der Waals surface area (Å²) < 4.78 is 58.5. The van der Waals surface area contributed by atoms with Crippen LogP contribution in [0.15, 0.2) is 95.9 Å². The fourth-order valence-corrected chi connectivity index (χ4v) is 8.36. The van der Waals surface area contributed by atoms with Crippen LogP contribution in [0.4, 0.5) is 10.3 Å². The molecule has 11 nitrogen and oxygen atoms in total. The van der Waals surface area contributed by atoms with Gasteiger partial charge in [-0.25, -0.2) is 17.8 Å². The van der Waals surface area contributed by atoms with Crippen LogP contribution in [0.5, 0.6) is 17.2 Å². The Balaban J connectivity index is 1.09. The van der Waals surface area contributed by atoms with Gasteiger partial charge in [-0.3, -0.25) is 4.79 Å². The van der Waals surface area contributed by atoms with E-state index >= 15 is 0 Å². The SMILES string of the molecule is COc1cc(C(=O)N(C)CC(CCN2CCC(Nc3nc4ccccc4n3CCS(=O)(=O)c3ccccc3)CC2)c2ccc(F)cc2)cc(OC)c1OC. The first-order valence-corrected chi connectivity index (χ1v) is 19.8. The molecule has 4 aromatic carbocycles. The molecule has 1 fully saturated rings. The highest BCUT2D eigenvalue weighted by atomic mass is 32.2. The maximum absolute atomic E-state index is 13.9. The van der Waals surface area contributed by atoms with Gasteiger partial charge >= 0.3 is 0 Å². The molecule has 13 heteroatoms. The number of hydrogen-bond donors (Lipinski definition) is 1. The highest BCUT2D eigenvalue weighted by Gasteiger charge is 2.26. The Bertz CT molecular complexity index is 2110. The van der Waals surface area contributed by atoms with Gasteiger partial charge in [0.15, 0.2) is 21.3 Å². The van der Waals surface area contributed by atoms with Gasteiger partial charge in [0.25, 0.3) is 5.91 Å². The zero-order valence-corrected chi connectivity index (χ0v) is 32.0. The lowest BCUT2D eigenvalue weighted by atomic mass is 9.94. The lowest BCUT2D eigenvalue weighted by molar-refractivity contribution is 0.0781. The van der Waals surface area contributed by atoms with Crippen LogP contribution in [0.1, 0.15) is 41.1 Å². The molecule has 1 unspecified atom stereocenters. The number of anilines is 1. The number of aryl methyl sites for hydroxylation is 1. The number of benzene rings is 4. The number of carbonyl (C=O) groups excluding carboxylic acids is 1. The van der Waals surface area contributed by atoms with Gasteiger partial charge in [-0.15, -0.1) is 0 Å². The maximum atomic E-state index is 13.9. The third-order valence-corrected chi connectivity index (χ3v) is 11.9. The fourth-order valence-electron chi connectivity index (χ4n) is 7.13. The van der Waals surface area contributed by atoms with Gasteiger partial charge < -0.3 is 33.9 Å². The average molecular weight is 758 g/mol. The summed E-state index contributed by atoms with van der Waals surface area (Å²) in [6.45, 7) is 3.22. The van der Waals surface area contributed by atoms with E-state index in [2.05, 4.69) is 10.2 Å². The van der Waals surface area contributed by atoms with E-state index in [9.17, 15) is 17.6 Å². The van der Waals surface area contributed by atoms with Gasteiger partial charge in [0, 0.05) is 50.7 Å².